The predicted octanol–water partition coefficient (Wildman–Crippen LogP) is 5.39. The van der Waals surface area contributed by atoms with E-state index in [2.05, 4.69) is 41.8 Å². The number of carboxylic acid groups (broad SMARTS) is 1. The zero-order chi connectivity index (χ0) is 24.9. The number of aliphatic carboxylic acids is 1. The summed E-state index contributed by atoms with van der Waals surface area (Å²) in [6.07, 6.45) is 1.88. The van der Waals surface area contributed by atoms with Crippen LogP contribution in [0.5, 0.6) is 0 Å². The van der Waals surface area contributed by atoms with Crippen molar-refractivity contribution in [1.82, 2.24) is 4.90 Å². The van der Waals surface area contributed by atoms with Crippen molar-refractivity contribution in [1.29, 1.82) is 0 Å². The molecular weight excluding hydrogens is 462 g/mol. The van der Waals surface area contributed by atoms with Gasteiger partial charge in [-0.3, -0.25) is 9.59 Å². The lowest BCUT2D eigenvalue weighted by molar-refractivity contribution is -0.136. The molecule has 1 heterocycles. The number of carbonyl (C=O) groups excluding carboxylic acids is 1. The number of fused-ring (bicyclic) bond motifs is 1. The first kappa shape index (κ1) is 24.5. The van der Waals surface area contributed by atoms with Gasteiger partial charge in [-0.2, -0.15) is 0 Å². The van der Waals surface area contributed by atoms with Gasteiger partial charge in [0.2, 0.25) is 0 Å². The number of nitrogens with zero attached hydrogens (tertiary/aromatic N) is 1. The fourth-order valence-electron chi connectivity index (χ4n) is 4.23. The van der Waals surface area contributed by atoms with Crippen LogP contribution in [0.1, 0.15) is 28.7 Å². The topological polar surface area (TPSA) is 81.7 Å². The fraction of sp³-hybridized carbons (Fsp3) is 0.214. The number of amides is 1. The highest BCUT2D eigenvalue weighted by Gasteiger charge is 2.28. The summed E-state index contributed by atoms with van der Waals surface area (Å²) in [5, 5.41) is 16.2. The second-order valence-corrected chi connectivity index (χ2v) is 9.33. The van der Waals surface area contributed by atoms with Crippen molar-refractivity contribution in [2.75, 3.05) is 31.3 Å². The first-order chi connectivity index (χ1) is 16.8. The summed E-state index contributed by atoms with van der Waals surface area (Å²) in [5.74, 6) is -1.15. The van der Waals surface area contributed by atoms with Crippen molar-refractivity contribution in [2.24, 2.45) is 0 Å². The minimum atomic E-state index is -0.909. The summed E-state index contributed by atoms with van der Waals surface area (Å²) in [4.78, 5) is 26.6. The van der Waals surface area contributed by atoms with Crippen LogP contribution in [-0.2, 0) is 22.4 Å². The average molecular weight is 490 g/mol. The molecule has 180 valence electrons. The molecule has 0 aliphatic carbocycles. The predicted molar refractivity (Wildman–Crippen MR) is 142 cm³/mol. The van der Waals surface area contributed by atoms with E-state index in [1.807, 2.05) is 36.4 Å². The Morgan fingerprint density at radius 3 is 2.57 bits per heavy atom. The number of hydrogen-bond donors (Lipinski definition) is 3. The van der Waals surface area contributed by atoms with Crippen LogP contribution >= 0.6 is 11.6 Å². The van der Waals surface area contributed by atoms with Crippen molar-refractivity contribution in [3.63, 3.8) is 0 Å². The molecule has 3 aromatic rings. The van der Waals surface area contributed by atoms with Crippen molar-refractivity contribution >= 4 is 46.1 Å². The van der Waals surface area contributed by atoms with E-state index in [0.29, 0.717) is 27.5 Å². The van der Waals surface area contributed by atoms with Crippen LogP contribution in [0.4, 0.5) is 11.4 Å². The zero-order valence-corrected chi connectivity index (χ0v) is 20.5. The molecule has 0 aromatic heterocycles. The SMILES string of the molecule is CN(C)CCCc1cccc(N/C(=C2\C(=O)Nc3cc(Cl)ccc32)c2cccc(CC(=O)O)c2)c1. The van der Waals surface area contributed by atoms with Gasteiger partial charge in [-0.15, -0.1) is 0 Å². The highest BCUT2D eigenvalue weighted by atomic mass is 35.5. The standard InChI is InChI=1S/C28H28ClN3O3/c1-32(2)13-5-8-18-6-4-10-22(15-18)30-27(20-9-3-7-19(14-20)16-25(33)34)26-23-12-11-21(29)17-24(23)31-28(26)35/h3-4,6-7,9-12,14-15,17,30H,5,8,13,16H2,1-2H3,(H,31,35)(H,33,34)/b27-26-. The van der Waals surface area contributed by atoms with Gasteiger partial charge in [0.15, 0.2) is 0 Å². The lowest BCUT2D eigenvalue weighted by Gasteiger charge is -2.16. The highest BCUT2D eigenvalue weighted by molar-refractivity contribution is 6.38. The maximum Gasteiger partial charge on any atom is 0.307 e. The van der Waals surface area contributed by atoms with E-state index in [4.69, 9.17) is 11.6 Å². The monoisotopic (exact) mass is 489 g/mol. The molecule has 0 unspecified atom stereocenters. The Balaban J connectivity index is 1.77. The smallest absolute Gasteiger partial charge is 0.307 e. The van der Waals surface area contributed by atoms with Gasteiger partial charge in [0.25, 0.3) is 5.91 Å². The molecule has 4 rings (SSSR count). The number of hydrogen-bond acceptors (Lipinski definition) is 4. The lowest BCUT2D eigenvalue weighted by atomic mass is 9.98. The van der Waals surface area contributed by atoms with Crippen LogP contribution in [0.25, 0.3) is 11.3 Å². The summed E-state index contributed by atoms with van der Waals surface area (Å²) in [7, 11) is 4.12. The molecule has 1 aliphatic rings. The number of carbonyl (C=O) groups is 2. The molecule has 1 amide bonds. The molecule has 3 aromatic carbocycles. The average Bonchev–Trinajstić information content (AvgIpc) is 3.11. The summed E-state index contributed by atoms with van der Waals surface area (Å²) in [5.41, 5.74) is 5.93. The van der Waals surface area contributed by atoms with Gasteiger partial charge in [0.05, 0.1) is 23.4 Å². The number of aryl methyl sites for hydroxylation is 1. The van der Waals surface area contributed by atoms with Gasteiger partial charge in [-0.05, 0) is 80.5 Å². The normalized spacial score (nSPS) is 14.0. The third kappa shape index (κ3) is 6.10. The van der Waals surface area contributed by atoms with E-state index < -0.39 is 5.97 Å². The van der Waals surface area contributed by atoms with Gasteiger partial charge in [0, 0.05) is 16.3 Å². The zero-order valence-electron chi connectivity index (χ0n) is 19.8. The van der Waals surface area contributed by atoms with E-state index >= 15 is 0 Å². The van der Waals surface area contributed by atoms with Gasteiger partial charge in [0.1, 0.15) is 0 Å². The van der Waals surface area contributed by atoms with Crippen LogP contribution in [0, 0.1) is 0 Å². The second-order valence-electron chi connectivity index (χ2n) is 8.90. The van der Waals surface area contributed by atoms with E-state index in [1.54, 1.807) is 18.2 Å². The van der Waals surface area contributed by atoms with Crippen molar-refractivity contribution in [3.05, 3.63) is 94.0 Å². The molecule has 35 heavy (non-hydrogen) atoms. The Bertz CT molecular complexity index is 1300. The number of halogens is 1. The minimum absolute atomic E-state index is 0.101. The highest BCUT2D eigenvalue weighted by Crippen LogP contribution is 2.39. The molecule has 7 heteroatoms. The van der Waals surface area contributed by atoms with Gasteiger partial charge >= 0.3 is 5.97 Å². The first-order valence-corrected chi connectivity index (χ1v) is 11.9. The Labute approximate surface area is 210 Å². The Morgan fingerprint density at radius 1 is 1.03 bits per heavy atom. The Kier molecular flexibility index (Phi) is 7.54. The summed E-state index contributed by atoms with van der Waals surface area (Å²) in [6.45, 7) is 1.00. The van der Waals surface area contributed by atoms with Crippen LogP contribution in [0.15, 0.2) is 66.7 Å². The molecule has 0 radical (unpaired) electrons. The molecule has 1 aliphatic heterocycles. The third-order valence-electron chi connectivity index (χ3n) is 5.81. The largest absolute Gasteiger partial charge is 0.481 e. The molecule has 3 N–H and O–H groups in total. The van der Waals surface area contributed by atoms with E-state index in [0.717, 1.165) is 36.2 Å². The second kappa shape index (κ2) is 10.8. The number of carboxylic acids is 1. The van der Waals surface area contributed by atoms with Gasteiger partial charge in [-0.1, -0.05) is 48.0 Å². The molecule has 0 spiro atoms. The first-order valence-electron chi connectivity index (χ1n) is 11.5. The fourth-order valence-corrected chi connectivity index (χ4v) is 4.40. The van der Waals surface area contributed by atoms with E-state index in [9.17, 15) is 14.7 Å². The van der Waals surface area contributed by atoms with Crippen molar-refractivity contribution in [3.8, 4) is 0 Å². The number of nitrogens with one attached hydrogen (secondary N) is 2. The molecule has 0 bridgehead atoms. The molecule has 6 nitrogen and oxygen atoms in total. The van der Waals surface area contributed by atoms with Crippen LogP contribution in [0.2, 0.25) is 5.02 Å². The number of rotatable bonds is 9. The molecule has 0 saturated heterocycles. The van der Waals surface area contributed by atoms with Crippen LogP contribution < -0.4 is 10.6 Å². The number of anilines is 2. The molecule has 0 saturated carbocycles. The van der Waals surface area contributed by atoms with Gasteiger partial charge in [-0.25, -0.2) is 0 Å². The lowest BCUT2D eigenvalue weighted by Crippen LogP contribution is -2.13. The Morgan fingerprint density at radius 2 is 1.80 bits per heavy atom. The van der Waals surface area contributed by atoms with E-state index in [-0.39, 0.29) is 12.3 Å². The Hall–Kier alpha value is -3.61. The molecular formula is C28H28ClN3O3. The third-order valence-corrected chi connectivity index (χ3v) is 6.05. The summed E-state index contributed by atoms with van der Waals surface area (Å²) in [6, 6.07) is 20.7. The minimum Gasteiger partial charge on any atom is -0.481 e. The van der Waals surface area contributed by atoms with Crippen molar-refractivity contribution < 1.29 is 14.7 Å². The van der Waals surface area contributed by atoms with Gasteiger partial charge < -0.3 is 20.6 Å². The molecule has 0 atom stereocenters. The number of benzene rings is 3. The maximum absolute atomic E-state index is 13.1. The van der Waals surface area contributed by atoms with E-state index in [1.165, 1.54) is 5.56 Å². The van der Waals surface area contributed by atoms with Crippen molar-refractivity contribution in [2.45, 2.75) is 19.3 Å². The maximum atomic E-state index is 13.1. The quantitative estimate of drug-likeness (QED) is 0.351. The summed E-state index contributed by atoms with van der Waals surface area (Å²) >= 11 is 6.15. The molecule has 0 fully saturated rings. The van der Waals surface area contributed by atoms with Crippen LogP contribution in [-0.4, -0.2) is 42.5 Å². The summed E-state index contributed by atoms with van der Waals surface area (Å²) < 4.78 is 0. The van der Waals surface area contributed by atoms with Crippen LogP contribution in [0.3, 0.4) is 0 Å².